The second-order valence-electron chi connectivity index (χ2n) is 7.19. The maximum absolute atomic E-state index is 13.3. The molecule has 0 saturated carbocycles. The Balaban J connectivity index is 1.96. The van der Waals surface area contributed by atoms with E-state index in [2.05, 4.69) is 0 Å². The third-order valence-corrected chi connectivity index (χ3v) is 5.01. The zero-order valence-electron chi connectivity index (χ0n) is 15.9. The Morgan fingerprint density at radius 2 is 2.04 bits per heavy atom. The molecule has 1 N–H and O–H groups in total. The van der Waals surface area contributed by atoms with E-state index < -0.39 is 5.97 Å². The summed E-state index contributed by atoms with van der Waals surface area (Å²) in [5, 5.41) is 9.02. The van der Waals surface area contributed by atoms with Crippen LogP contribution in [0.5, 0.6) is 0 Å². The highest BCUT2D eigenvalue weighted by molar-refractivity contribution is 5.80. The van der Waals surface area contributed by atoms with Crippen LogP contribution in [0.1, 0.15) is 38.7 Å². The molecule has 1 aliphatic heterocycles. The second-order valence-corrected chi connectivity index (χ2v) is 7.19. The number of benzene rings is 1. The van der Waals surface area contributed by atoms with Crippen molar-refractivity contribution in [1.29, 1.82) is 0 Å². The number of aliphatic carboxylic acids is 1. The van der Waals surface area contributed by atoms with Gasteiger partial charge in [0.25, 0.3) is 0 Å². The molecule has 1 fully saturated rings. The molecule has 0 spiro atoms. The zero-order valence-corrected chi connectivity index (χ0v) is 15.9. The van der Waals surface area contributed by atoms with Gasteiger partial charge in [0.1, 0.15) is 12.4 Å². The number of amides is 2. The molecular formula is C20H27FN2O4. The summed E-state index contributed by atoms with van der Waals surface area (Å²) in [6.07, 6.45) is 2.42. The number of hydrogen-bond donors (Lipinski definition) is 1. The number of carbonyl (C=O) groups is 3. The van der Waals surface area contributed by atoms with Crippen LogP contribution in [0.25, 0.3) is 0 Å². The summed E-state index contributed by atoms with van der Waals surface area (Å²) in [6.45, 7) is 3.96. The summed E-state index contributed by atoms with van der Waals surface area (Å²) in [5.74, 6) is -1.88. The molecule has 2 unspecified atom stereocenters. The van der Waals surface area contributed by atoms with Crippen LogP contribution in [0.15, 0.2) is 24.3 Å². The summed E-state index contributed by atoms with van der Waals surface area (Å²) < 4.78 is 13.3. The van der Waals surface area contributed by atoms with Gasteiger partial charge in [0.05, 0.1) is 0 Å². The molecule has 148 valence electrons. The van der Waals surface area contributed by atoms with Crippen LogP contribution in [0, 0.1) is 11.7 Å². The van der Waals surface area contributed by atoms with Gasteiger partial charge in [-0.1, -0.05) is 19.1 Å². The van der Waals surface area contributed by atoms with Crippen molar-refractivity contribution < 1.29 is 23.9 Å². The Kier molecular flexibility index (Phi) is 7.33. The molecule has 1 aliphatic rings. The average Bonchev–Trinajstić information content (AvgIpc) is 2.84. The largest absolute Gasteiger partial charge is 0.480 e. The van der Waals surface area contributed by atoms with E-state index in [1.165, 1.54) is 24.0 Å². The second kappa shape index (κ2) is 9.48. The van der Waals surface area contributed by atoms with Crippen molar-refractivity contribution in [3.63, 3.8) is 0 Å². The first-order chi connectivity index (χ1) is 12.8. The van der Waals surface area contributed by atoms with Gasteiger partial charge in [0.2, 0.25) is 11.8 Å². The molecule has 1 heterocycles. The lowest BCUT2D eigenvalue weighted by Gasteiger charge is -2.29. The predicted octanol–water partition coefficient (Wildman–Crippen LogP) is 2.32. The van der Waals surface area contributed by atoms with Crippen molar-refractivity contribution in [2.24, 2.45) is 5.92 Å². The van der Waals surface area contributed by atoms with Crippen molar-refractivity contribution in [2.45, 2.75) is 45.6 Å². The molecule has 2 rings (SSSR count). The molecular weight excluding hydrogens is 351 g/mol. The topological polar surface area (TPSA) is 77.9 Å². The molecule has 2 atom stereocenters. The van der Waals surface area contributed by atoms with E-state index in [-0.39, 0.29) is 36.1 Å². The zero-order chi connectivity index (χ0) is 20.0. The van der Waals surface area contributed by atoms with Gasteiger partial charge >= 0.3 is 5.97 Å². The van der Waals surface area contributed by atoms with Crippen molar-refractivity contribution in [1.82, 2.24) is 9.80 Å². The van der Waals surface area contributed by atoms with Gasteiger partial charge in [-0.15, -0.1) is 0 Å². The van der Waals surface area contributed by atoms with Gasteiger partial charge in [-0.2, -0.15) is 0 Å². The molecule has 0 aromatic heterocycles. The number of nitrogens with zero attached hydrogens (tertiary/aromatic N) is 2. The van der Waals surface area contributed by atoms with Crippen LogP contribution in [-0.2, 0) is 20.8 Å². The van der Waals surface area contributed by atoms with Gasteiger partial charge in [0, 0.05) is 32.0 Å². The smallest absolute Gasteiger partial charge is 0.323 e. The number of rotatable bonds is 6. The monoisotopic (exact) mass is 378 g/mol. The molecule has 1 saturated heterocycles. The highest BCUT2D eigenvalue weighted by Crippen LogP contribution is 2.20. The molecule has 27 heavy (non-hydrogen) atoms. The van der Waals surface area contributed by atoms with Crippen molar-refractivity contribution >= 4 is 17.8 Å². The molecule has 6 nitrogen and oxygen atoms in total. The summed E-state index contributed by atoms with van der Waals surface area (Å²) >= 11 is 0. The highest BCUT2D eigenvalue weighted by atomic mass is 19.1. The minimum Gasteiger partial charge on any atom is -0.480 e. The summed E-state index contributed by atoms with van der Waals surface area (Å²) in [7, 11) is 0. The third-order valence-electron chi connectivity index (χ3n) is 5.01. The fourth-order valence-corrected chi connectivity index (χ4v) is 3.67. The van der Waals surface area contributed by atoms with Crippen LogP contribution in [0.4, 0.5) is 4.39 Å². The van der Waals surface area contributed by atoms with Crippen LogP contribution in [0.3, 0.4) is 0 Å². The Bertz CT molecular complexity index is 694. The molecule has 7 heteroatoms. The van der Waals surface area contributed by atoms with E-state index in [1.807, 2.05) is 13.0 Å². The van der Waals surface area contributed by atoms with Gasteiger partial charge in [0.15, 0.2) is 0 Å². The molecule has 1 aromatic carbocycles. The first kappa shape index (κ1) is 20.9. The van der Waals surface area contributed by atoms with E-state index in [1.54, 1.807) is 11.0 Å². The molecule has 0 radical (unpaired) electrons. The fraction of sp³-hybridized carbons (Fsp3) is 0.550. The molecule has 1 aromatic rings. The molecule has 0 bridgehead atoms. The number of carboxylic acid groups (broad SMARTS) is 1. The number of carbonyl (C=O) groups excluding carboxylic acids is 2. The highest BCUT2D eigenvalue weighted by Gasteiger charge is 2.29. The Hall–Kier alpha value is -2.44. The van der Waals surface area contributed by atoms with Crippen molar-refractivity contribution in [2.75, 3.05) is 19.6 Å². The molecule has 0 aliphatic carbocycles. The van der Waals surface area contributed by atoms with E-state index in [0.29, 0.717) is 38.8 Å². The van der Waals surface area contributed by atoms with Gasteiger partial charge < -0.3 is 14.9 Å². The lowest BCUT2D eigenvalue weighted by molar-refractivity contribution is -0.145. The maximum Gasteiger partial charge on any atom is 0.323 e. The minimum absolute atomic E-state index is 0.00696. The van der Waals surface area contributed by atoms with Crippen molar-refractivity contribution in [3.05, 3.63) is 35.6 Å². The number of carboxylic acids is 1. The Morgan fingerprint density at radius 1 is 1.30 bits per heavy atom. The van der Waals surface area contributed by atoms with Gasteiger partial charge in [-0.05, 0) is 43.4 Å². The van der Waals surface area contributed by atoms with Crippen LogP contribution in [-0.4, -0.2) is 58.4 Å². The number of likely N-dealkylation sites (tertiary alicyclic amines) is 1. The third kappa shape index (κ3) is 6.05. The van der Waals surface area contributed by atoms with Gasteiger partial charge in [-0.3, -0.25) is 14.4 Å². The van der Waals surface area contributed by atoms with E-state index >= 15 is 0 Å². The lowest BCUT2D eigenvalue weighted by atomic mass is 9.99. The normalized spacial score (nSPS) is 18.5. The van der Waals surface area contributed by atoms with E-state index in [0.717, 1.165) is 5.56 Å². The van der Waals surface area contributed by atoms with E-state index in [4.69, 9.17) is 5.11 Å². The summed E-state index contributed by atoms with van der Waals surface area (Å²) in [4.78, 5) is 38.8. The van der Waals surface area contributed by atoms with Crippen LogP contribution in [0.2, 0.25) is 0 Å². The van der Waals surface area contributed by atoms with Crippen molar-refractivity contribution in [3.8, 4) is 0 Å². The Labute approximate surface area is 158 Å². The fourth-order valence-electron chi connectivity index (χ4n) is 3.67. The summed E-state index contributed by atoms with van der Waals surface area (Å²) in [5.41, 5.74) is 0.785. The first-order valence-electron chi connectivity index (χ1n) is 9.30. The summed E-state index contributed by atoms with van der Waals surface area (Å²) in [6, 6.07) is 6.09. The number of hydrogen-bond acceptors (Lipinski definition) is 3. The molecule has 2 amide bonds. The number of halogens is 1. The quantitative estimate of drug-likeness (QED) is 0.824. The average molecular weight is 378 g/mol. The SMILES string of the molecule is CC(=O)N(CC(=O)O)C1CCCN(C(=O)C(C)Cc2cccc(F)c2)CC1. The standard InChI is InChI=1S/C20H27FN2O4/c1-14(11-16-5-3-6-17(21)12-16)20(27)22-9-4-7-18(8-10-22)23(15(2)24)13-19(25)26/h3,5-6,12,14,18H,4,7-11,13H2,1-2H3,(H,25,26). The minimum atomic E-state index is -1.04. The maximum atomic E-state index is 13.3. The van der Waals surface area contributed by atoms with E-state index in [9.17, 15) is 18.8 Å². The predicted molar refractivity (Wildman–Crippen MR) is 98.5 cm³/mol. The van der Waals surface area contributed by atoms with Gasteiger partial charge in [-0.25, -0.2) is 4.39 Å². The van der Waals surface area contributed by atoms with Crippen LogP contribution >= 0.6 is 0 Å². The lowest BCUT2D eigenvalue weighted by Crippen LogP contribution is -2.43. The Morgan fingerprint density at radius 3 is 2.67 bits per heavy atom. The first-order valence-corrected chi connectivity index (χ1v) is 9.30. The van der Waals surface area contributed by atoms with Crippen LogP contribution < -0.4 is 0 Å².